The van der Waals surface area contributed by atoms with E-state index in [1.165, 1.54) is 0 Å². The third-order valence-electron chi connectivity index (χ3n) is 5.15. The Morgan fingerprint density at radius 1 is 0.606 bits per heavy atom. The molecule has 0 saturated carbocycles. The van der Waals surface area contributed by atoms with E-state index in [9.17, 15) is 4.79 Å². The predicted molar refractivity (Wildman–Crippen MR) is 132 cm³/mol. The second-order valence-electron chi connectivity index (χ2n) is 7.58. The Morgan fingerprint density at radius 3 is 1.52 bits per heavy atom. The maximum absolute atomic E-state index is 12.0. The zero-order valence-electron chi connectivity index (χ0n) is 18.4. The van der Waals surface area contributed by atoms with Crippen LogP contribution < -0.4 is 4.89 Å². The molecule has 0 atom stereocenters. The van der Waals surface area contributed by atoms with Crippen molar-refractivity contribution in [2.24, 2.45) is 0 Å². The van der Waals surface area contributed by atoms with Gasteiger partial charge in [0.1, 0.15) is 0 Å². The third-order valence-corrected chi connectivity index (χ3v) is 5.15. The van der Waals surface area contributed by atoms with Gasteiger partial charge in [0.15, 0.2) is 5.75 Å². The van der Waals surface area contributed by atoms with Crippen molar-refractivity contribution in [2.45, 2.75) is 6.92 Å². The smallest absolute Gasteiger partial charge is 0.286 e. The first-order valence-corrected chi connectivity index (χ1v) is 10.7. The molecule has 4 rings (SSSR count). The van der Waals surface area contributed by atoms with Crippen molar-refractivity contribution in [1.29, 1.82) is 0 Å². The largest absolute Gasteiger partial charge is 0.381 e. The van der Waals surface area contributed by atoms with Gasteiger partial charge in [-0.2, -0.15) is 0 Å². The van der Waals surface area contributed by atoms with Crippen molar-refractivity contribution >= 4 is 17.1 Å². The molecule has 0 saturated heterocycles. The molecular formula is C30H24O3. The number of hydrogen-bond donors (Lipinski definition) is 0. The number of carbonyl (C=O) groups is 1. The summed E-state index contributed by atoms with van der Waals surface area (Å²) in [5.74, 6) is -0.170. The van der Waals surface area contributed by atoms with Crippen LogP contribution >= 0.6 is 0 Å². The maximum Gasteiger partial charge on any atom is 0.381 e. The maximum atomic E-state index is 12.0. The van der Waals surface area contributed by atoms with Gasteiger partial charge in [-0.15, -0.1) is 0 Å². The van der Waals surface area contributed by atoms with E-state index in [-0.39, 0.29) is 5.57 Å². The molecular weight excluding hydrogens is 408 g/mol. The molecule has 3 nitrogen and oxygen atoms in total. The fourth-order valence-corrected chi connectivity index (χ4v) is 3.60. The van der Waals surface area contributed by atoms with Gasteiger partial charge in [0, 0.05) is 16.7 Å². The van der Waals surface area contributed by atoms with Gasteiger partial charge in [-0.1, -0.05) is 116 Å². The highest BCUT2D eigenvalue weighted by Crippen LogP contribution is 2.40. The lowest BCUT2D eigenvalue weighted by molar-refractivity contribution is -0.208. The van der Waals surface area contributed by atoms with E-state index in [4.69, 9.17) is 9.78 Å². The SMILES string of the molecule is C=C(C)C(=O)OOc1ccccc1C(=C(c1ccccc1)c1ccccc1)c1ccccc1. The molecule has 0 aliphatic carbocycles. The van der Waals surface area contributed by atoms with Gasteiger partial charge in [0.2, 0.25) is 0 Å². The minimum atomic E-state index is -0.610. The molecule has 0 bridgehead atoms. The van der Waals surface area contributed by atoms with Crippen LogP contribution in [0.3, 0.4) is 0 Å². The van der Waals surface area contributed by atoms with Gasteiger partial charge >= 0.3 is 5.97 Å². The molecule has 0 heterocycles. The average Bonchev–Trinajstić information content (AvgIpc) is 2.87. The van der Waals surface area contributed by atoms with E-state index in [2.05, 4.69) is 43.0 Å². The van der Waals surface area contributed by atoms with E-state index in [1.54, 1.807) is 13.0 Å². The molecule has 0 spiro atoms. The monoisotopic (exact) mass is 432 g/mol. The molecule has 0 aliphatic heterocycles. The average molecular weight is 433 g/mol. The van der Waals surface area contributed by atoms with E-state index in [0.29, 0.717) is 5.75 Å². The number of rotatable bonds is 7. The van der Waals surface area contributed by atoms with Crippen LogP contribution in [0.25, 0.3) is 11.1 Å². The zero-order valence-corrected chi connectivity index (χ0v) is 18.4. The summed E-state index contributed by atoms with van der Waals surface area (Å²) in [6.07, 6.45) is 0. The van der Waals surface area contributed by atoms with Gasteiger partial charge in [0.25, 0.3) is 0 Å². The molecule has 0 unspecified atom stereocenters. The van der Waals surface area contributed by atoms with Gasteiger partial charge < -0.3 is 0 Å². The van der Waals surface area contributed by atoms with Crippen LogP contribution in [-0.2, 0) is 9.68 Å². The van der Waals surface area contributed by atoms with Crippen molar-refractivity contribution in [3.05, 3.63) is 150 Å². The molecule has 0 aromatic heterocycles. The first-order valence-electron chi connectivity index (χ1n) is 10.7. The van der Waals surface area contributed by atoms with E-state index >= 15 is 0 Å². The fraction of sp³-hybridized carbons (Fsp3) is 0.0333. The lowest BCUT2D eigenvalue weighted by Gasteiger charge is -2.19. The Hall–Kier alpha value is -4.37. The summed E-state index contributed by atoms with van der Waals surface area (Å²) in [4.78, 5) is 22.6. The molecule has 3 heteroatoms. The van der Waals surface area contributed by atoms with Crippen molar-refractivity contribution in [1.82, 2.24) is 0 Å². The standard InChI is InChI=1S/C30H24O3/c1-22(2)30(31)33-32-27-21-13-12-20-26(27)29(25-18-10-5-11-19-25)28(23-14-6-3-7-15-23)24-16-8-4-9-17-24/h3-21H,1H2,2H3. The Kier molecular flexibility index (Phi) is 6.81. The van der Waals surface area contributed by atoms with Crippen molar-refractivity contribution in [2.75, 3.05) is 0 Å². The van der Waals surface area contributed by atoms with Crippen LogP contribution in [0.15, 0.2) is 127 Å². The Bertz CT molecular complexity index is 1230. The zero-order chi connectivity index (χ0) is 23.0. The van der Waals surface area contributed by atoms with Crippen LogP contribution in [0.4, 0.5) is 0 Å². The topological polar surface area (TPSA) is 35.5 Å². The second kappa shape index (κ2) is 10.3. The highest BCUT2D eigenvalue weighted by Gasteiger charge is 2.20. The van der Waals surface area contributed by atoms with Crippen molar-refractivity contribution < 1.29 is 14.6 Å². The molecule has 4 aromatic rings. The van der Waals surface area contributed by atoms with Crippen LogP contribution in [0, 0.1) is 0 Å². The summed E-state index contributed by atoms with van der Waals surface area (Å²) >= 11 is 0. The lowest BCUT2D eigenvalue weighted by atomic mass is 9.85. The third kappa shape index (κ3) is 5.10. The molecule has 0 fully saturated rings. The normalized spacial score (nSPS) is 10.2. The summed E-state index contributed by atoms with van der Waals surface area (Å²) in [5.41, 5.74) is 6.23. The Morgan fingerprint density at radius 2 is 1.03 bits per heavy atom. The molecule has 162 valence electrons. The summed E-state index contributed by atoms with van der Waals surface area (Å²) in [5, 5.41) is 0. The van der Waals surface area contributed by atoms with Gasteiger partial charge in [-0.05, 0) is 35.3 Å². The number of carbonyl (C=O) groups excluding carboxylic acids is 1. The van der Waals surface area contributed by atoms with Crippen LogP contribution in [0.1, 0.15) is 29.2 Å². The first-order chi connectivity index (χ1) is 16.1. The molecule has 33 heavy (non-hydrogen) atoms. The fourth-order valence-electron chi connectivity index (χ4n) is 3.60. The Balaban J connectivity index is 2.00. The van der Waals surface area contributed by atoms with Gasteiger partial charge in [-0.25, -0.2) is 9.68 Å². The number of hydrogen-bond acceptors (Lipinski definition) is 3. The first kappa shape index (κ1) is 21.8. The summed E-state index contributed by atoms with van der Waals surface area (Å²) in [7, 11) is 0. The summed E-state index contributed by atoms with van der Waals surface area (Å²) in [6.45, 7) is 5.20. The van der Waals surface area contributed by atoms with Crippen molar-refractivity contribution in [3.63, 3.8) is 0 Å². The molecule has 0 N–H and O–H groups in total. The summed E-state index contributed by atoms with van der Waals surface area (Å²) in [6, 6.07) is 38.2. The molecule has 0 radical (unpaired) electrons. The molecule has 0 aliphatic rings. The number of benzene rings is 4. The summed E-state index contributed by atoms with van der Waals surface area (Å²) < 4.78 is 0. The second-order valence-corrected chi connectivity index (χ2v) is 7.58. The van der Waals surface area contributed by atoms with Crippen molar-refractivity contribution in [3.8, 4) is 5.75 Å². The van der Waals surface area contributed by atoms with E-state index in [0.717, 1.165) is 33.4 Å². The van der Waals surface area contributed by atoms with Crippen LogP contribution in [0.5, 0.6) is 5.75 Å². The van der Waals surface area contributed by atoms with Gasteiger partial charge in [-0.3, -0.25) is 4.89 Å². The molecule has 4 aromatic carbocycles. The highest BCUT2D eigenvalue weighted by atomic mass is 17.2. The Labute approximate surface area is 194 Å². The van der Waals surface area contributed by atoms with E-state index < -0.39 is 5.97 Å². The van der Waals surface area contributed by atoms with Gasteiger partial charge in [0.05, 0.1) is 0 Å². The number of para-hydroxylation sites is 1. The minimum absolute atomic E-state index is 0.264. The highest BCUT2D eigenvalue weighted by molar-refractivity contribution is 6.05. The lowest BCUT2D eigenvalue weighted by Crippen LogP contribution is -2.09. The predicted octanol–water partition coefficient (Wildman–Crippen LogP) is 7.11. The van der Waals surface area contributed by atoms with E-state index in [1.807, 2.05) is 72.8 Å². The van der Waals surface area contributed by atoms with Crippen LogP contribution in [-0.4, -0.2) is 5.97 Å². The minimum Gasteiger partial charge on any atom is -0.286 e. The van der Waals surface area contributed by atoms with Crippen LogP contribution in [0.2, 0.25) is 0 Å². The molecule has 0 amide bonds. The quantitative estimate of drug-likeness (QED) is 0.135.